The molecule has 0 radical (unpaired) electrons. The van der Waals surface area contributed by atoms with Crippen LogP contribution in [0.3, 0.4) is 0 Å². The smallest absolute Gasteiger partial charge is 0.162 e. The lowest BCUT2D eigenvalue weighted by Crippen LogP contribution is -2.44. The number of fused-ring (bicyclic) bond motifs is 1. The van der Waals surface area contributed by atoms with Crippen molar-refractivity contribution >= 4 is 28.4 Å². The first-order chi connectivity index (χ1) is 15.3. The van der Waals surface area contributed by atoms with Crippen LogP contribution in [-0.4, -0.2) is 63.2 Å². The predicted octanol–water partition coefficient (Wildman–Crippen LogP) is 2.04. The third-order valence-electron chi connectivity index (χ3n) is 5.05. The SMILES string of the molecule is COc1cncc2nc(-c3ccnc(Nc4ccncn4)c3)nc(N3CCNCC3)c12. The molecule has 0 amide bonds. The highest BCUT2D eigenvalue weighted by Crippen LogP contribution is 2.34. The number of ether oxygens (including phenoxy) is 1. The van der Waals surface area contributed by atoms with Gasteiger partial charge in [-0.05, 0) is 18.2 Å². The fourth-order valence-corrected chi connectivity index (χ4v) is 3.56. The summed E-state index contributed by atoms with van der Waals surface area (Å²) in [5, 5.41) is 7.43. The summed E-state index contributed by atoms with van der Waals surface area (Å²) in [5.74, 6) is 3.42. The molecule has 0 saturated carbocycles. The zero-order valence-corrected chi connectivity index (χ0v) is 17.0. The Morgan fingerprint density at radius 2 is 1.90 bits per heavy atom. The topological polar surface area (TPSA) is 114 Å². The van der Waals surface area contributed by atoms with E-state index in [0.29, 0.717) is 23.2 Å². The molecule has 10 nitrogen and oxygen atoms in total. The van der Waals surface area contributed by atoms with Crippen molar-refractivity contribution in [1.29, 1.82) is 0 Å². The van der Waals surface area contributed by atoms with Crippen molar-refractivity contribution in [3.8, 4) is 17.1 Å². The number of rotatable bonds is 5. The Morgan fingerprint density at radius 3 is 2.71 bits per heavy atom. The van der Waals surface area contributed by atoms with Crippen LogP contribution in [-0.2, 0) is 0 Å². The molecule has 0 bridgehead atoms. The number of anilines is 3. The normalized spacial score (nSPS) is 13.9. The largest absolute Gasteiger partial charge is 0.494 e. The molecule has 10 heteroatoms. The molecule has 1 aliphatic heterocycles. The van der Waals surface area contributed by atoms with Gasteiger partial charge in [0.25, 0.3) is 0 Å². The summed E-state index contributed by atoms with van der Waals surface area (Å²) < 4.78 is 5.57. The molecule has 1 aliphatic rings. The van der Waals surface area contributed by atoms with Gasteiger partial charge in [0.2, 0.25) is 0 Å². The van der Waals surface area contributed by atoms with Crippen LogP contribution in [0.15, 0.2) is 49.3 Å². The molecular formula is C21H21N9O. The van der Waals surface area contributed by atoms with Gasteiger partial charge in [0, 0.05) is 44.1 Å². The highest BCUT2D eigenvalue weighted by Gasteiger charge is 2.20. The fraction of sp³-hybridized carbons (Fsp3) is 0.238. The first-order valence-corrected chi connectivity index (χ1v) is 9.97. The minimum atomic E-state index is 0.601. The predicted molar refractivity (Wildman–Crippen MR) is 118 cm³/mol. The summed E-state index contributed by atoms with van der Waals surface area (Å²) in [6.45, 7) is 3.51. The van der Waals surface area contributed by atoms with Gasteiger partial charge in [-0.1, -0.05) is 0 Å². The van der Waals surface area contributed by atoms with Gasteiger partial charge in [-0.2, -0.15) is 0 Å². The number of aromatic nitrogens is 6. The molecule has 5 rings (SSSR count). The van der Waals surface area contributed by atoms with Crippen molar-refractivity contribution in [2.24, 2.45) is 0 Å². The van der Waals surface area contributed by atoms with Crippen LogP contribution >= 0.6 is 0 Å². The summed E-state index contributed by atoms with van der Waals surface area (Å²) in [7, 11) is 1.64. The van der Waals surface area contributed by atoms with Crippen molar-refractivity contribution in [2.75, 3.05) is 43.5 Å². The van der Waals surface area contributed by atoms with E-state index in [1.807, 2.05) is 12.1 Å². The summed E-state index contributed by atoms with van der Waals surface area (Å²) in [5.41, 5.74) is 1.58. The van der Waals surface area contributed by atoms with Crippen LogP contribution in [0.1, 0.15) is 0 Å². The second-order valence-corrected chi connectivity index (χ2v) is 6.99. The molecule has 0 atom stereocenters. The van der Waals surface area contributed by atoms with Crippen molar-refractivity contribution in [1.82, 2.24) is 35.2 Å². The summed E-state index contributed by atoms with van der Waals surface area (Å²) in [6.07, 6.45) is 8.33. The van der Waals surface area contributed by atoms with Gasteiger partial charge < -0.3 is 20.3 Å². The van der Waals surface area contributed by atoms with Crippen LogP contribution in [0.4, 0.5) is 17.5 Å². The first kappa shape index (κ1) is 19.1. The lowest BCUT2D eigenvalue weighted by molar-refractivity contribution is 0.418. The molecule has 156 valence electrons. The number of hydrogen-bond donors (Lipinski definition) is 2. The summed E-state index contributed by atoms with van der Waals surface area (Å²) >= 11 is 0. The monoisotopic (exact) mass is 415 g/mol. The van der Waals surface area contributed by atoms with E-state index < -0.39 is 0 Å². The molecule has 0 unspecified atom stereocenters. The molecule has 0 spiro atoms. The third kappa shape index (κ3) is 3.92. The van der Waals surface area contributed by atoms with Gasteiger partial charge in [-0.15, -0.1) is 0 Å². The van der Waals surface area contributed by atoms with E-state index in [4.69, 9.17) is 14.7 Å². The minimum Gasteiger partial charge on any atom is -0.494 e. The molecule has 0 aromatic carbocycles. The number of nitrogens with one attached hydrogen (secondary N) is 2. The third-order valence-corrected chi connectivity index (χ3v) is 5.05. The second-order valence-electron chi connectivity index (χ2n) is 6.99. The van der Waals surface area contributed by atoms with Gasteiger partial charge in [-0.25, -0.2) is 24.9 Å². The Kier molecular flexibility index (Phi) is 5.19. The average molecular weight is 415 g/mol. The molecule has 31 heavy (non-hydrogen) atoms. The molecule has 1 saturated heterocycles. The lowest BCUT2D eigenvalue weighted by Gasteiger charge is -2.29. The highest BCUT2D eigenvalue weighted by molar-refractivity contribution is 5.95. The van der Waals surface area contributed by atoms with Gasteiger partial charge >= 0.3 is 0 Å². The van der Waals surface area contributed by atoms with E-state index >= 15 is 0 Å². The van der Waals surface area contributed by atoms with Crippen LogP contribution < -0.4 is 20.3 Å². The van der Waals surface area contributed by atoms with E-state index in [1.165, 1.54) is 6.33 Å². The van der Waals surface area contributed by atoms with Crippen molar-refractivity contribution in [3.05, 3.63) is 49.3 Å². The maximum atomic E-state index is 5.57. The van der Waals surface area contributed by atoms with Crippen molar-refractivity contribution in [3.63, 3.8) is 0 Å². The molecule has 0 aliphatic carbocycles. The van der Waals surface area contributed by atoms with Gasteiger partial charge in [0.1, 0.15) is 29.5 Å². The Labute approximate surface area is 178 Å². The standard InChI is InChI=1S/C21H21N9O/c1-31-16-12-24-11-15-19(16)21(30-8-6-22-7-9-30)29-20(27-15)14-2-5-25-18(10-14)28-17-3-4-23-13-26-17/h2-5,10-13,22H,6-9H2,1H3,(H,23,25,26,28). The lowest BCUT2D eigenvalue weighted by atomic mass is 10.2. The quantitative estimate of drug-likeness (QED) is 0.502. The number of hydrogen-bond acceptors (Lipinski definition) is 10. The zero-order chi connectivity index (χ0) is 21.0. The Hall–Kier alpha value is -3.92. The van der Waals surface area contributed by atoms with Crippen molar-refractivity contribution in [2.45, 2.75) is 0 Å². The van der Waals surface area contributed by atoms with Gasteiger partial charge in [0.15, 0.2) is 5.82 Å². The second kappa shape index (κ2) is 8.44. The average Bonchev–Trinajstić information content (AvgIpc) is 2.84. The van der Waals surface area contributed by atoms with Gasteiger partial charge in [-0.3, -0.25) is 4.98 Å². The minimum absolute atomic E-state index is 0.601. The Bertz CT molecular complexity index is 1200. The van der Waals surface area contributed by atoms with Crippen LogP contribution in [0.2, 0.25) is 0 Å². The first-order valence-electron chi connectivity index (χ1n) is 9.97. The van der Waals surface area contributed by atoms with Gasteiger partial charge in [0.05, 0.1) is 30.4 Å². The maximum absolute atomic E-state index is 5.57. The molecule has 4 aromatic rings. The van der Waals surface area contributed by atoms with E-state index in [0.717, 1.165) is 48.5 Å². The molecular weight excluding hydrogens is 394 g/mol. The molecule has 1 fully saturated rings. The molecule has 4 aromatic heterocycles. The zero-order valence-electron chi connectivity index (χ0n) is 17.0. The fourth-order valence-electron chi connectivity index (χ4n) is 3.56. The van der Waals surface area contributed by atoms with Crippen LogP contribution in [0.5, 0.6) is 5.75 Å². The van der Waals surface area contributed by atoms with Crippen LogP contribution in [0, 0.1) is 0 Å². The Balaban J connectivity index is 1.59. The summed E-state index contributed by atoms with van der Waals surface area (Å²) in [6, 6.07) is 5.57. The number of methoxy groups -OCH3 is 1. The van der Waals surface area contributed by atoms with E-state index in [1.54, 1.807) is 38.0 Å². The van der Waals surface area contributed by atoms with E-state index in [-0.39, 0.29) is 0 Å². The number of pyridine rings is 2. The summed E-state index contributed by atoms with van der Waals surface area (Å²) in [4.78, 5) is 28.8. The molecule has 2 N–H and O–H groups in total. The maximum Gasteiger partial charge on any atom is 0.162 e. The number of nitrogens with zero attached hydrogens (tertiary/aromatic N) is 7. The highest BCUT2D eigenvalue weighted by atomic mass is 16.5. The number of piperazine rings is 1. The van der Waals surface area contributed by atoms with E-state index in [2.05, 4.69) is 35.5 Å². The Morgan fingerprint density at radius 1 is 1.00 bits per heavy atom. The van der Waals surface area contributed by atoms with E-state index in [9.17, 15) is 0 Å². The van der Waals surface area contributed by atoms with Crippen molar-refractivity contribution < 1.29 is 4.74 Å². The van der Waals surface area contributed by atoms with Crippen LogP contribution in [0.25, 0.3) is 22.3 Å². The molecule has 5 heterocycles.